The number of nitrogens with one attached hydrogen (secondary N) is 1. The van der Waals surface area contributed by atoms with Crippen molar-refractivity contribution < 1.29 is 4.79 Å². The van der Waals surface area contributed by atoms with Gasteiger partial charge in [-0.3, -0.25) is 9.69 Å². The Kier molecular flexibility index (Phi) is 9.18. The fourth-order valence-corrected chi connectivity index (χ4v) is 4.56. The molecule has 0 fully saturated rings. The second kappa shape index (κ2) is 10.4. The van der Waals surface area contributed by atoms with Gasteiger partial charge in [0.2, 0.25) is 5.91 Å². The van der Waals surface area contributed by atoms with Crippen LogP contribution in [-0.4, -0.2) is 41.7 Å². The third-order valence-electron chi connectivity index (χ3n) is 4.29. The number of thioether (sulfide) groups is 1. The predicted molar refractivity (Wildman–Crippen MR) is 115 cm³/mol. The number of hydrogen-bond donors (Lipinski definition) is 1. The average molecular weight is 379 g/mol. The summed E-state index contributed by atoms with van der Waals surface area (Å²) in [5.41, 5.74) is -0.00376. The Bertz CT molecular complexity index is 537. The first-order valence-corrected chi connectivity index (χ1v) is 10.7. The summed E-state index contributed by atoms with van der Waals surface area (Å²) in [6.45, 7) is 14.0. The minimum atomic E-state index is -0.193. The lowest BCUT2D eigenvalue weighted by atomic mass is 9.81. The molecule has 0 aliphatic heterocycles. The maximum Gasteiger partial charge on any atom is 0.237 e. The van der Waals surface area contributed by atoms with Gasteiger partial charge in [-0.25, -0.2) is 0 Å². The van der Waals surface area contributed by atoms with Crippen LogP contribution in [0.2, 0.25) is 0 Å². The fraction of sp³-hybridized carbons (Fsp3) is 0.682. The van der Waals surface area contributed by atoms with Gasteiger partial charge in [0.25, 0.3) is 0 Å². The SMILES string of the molecule is CCCC(C(=O)NC(C)(C)CC(C)(C)C)N(C)CCSc1ccccc1. The van der Waals surface area contributed by atoms with Gasteiger partial charge < -0.3 is 5.32 Å². The Morgan fingerprint density at radius 2 is 1.77 bits per heavy atom. The van der Waals surface area contributed by atoms with E-state index in [-0.39, 0.29) is 22.9 Å². The number of hydrogen-bond acceptors (Lipinski definition) is 3. The van der Waals surface area contributed by atoms with E-state index in [0.29, 0.717) is 0 Å². The van der Waals surface area contributed by atoms with Crippen molar-refractivity contribution in [1.29, 1.82) is 0 Å². The maximum atomic E-state index is 12.9. The minimum absolute atomic E-state index is 0.0596. The van der Waals surface area contributed by atoms with Crippen molar-refractivity contribution in [2.45, 2.75) is 77.3 Å². The number of benzene rings is 1. The van der Waals surface area contributed by atoms with Gasteiger partial charge in [0.1, 0.15) is 0 Å². The van der Waals surface area contributed by atoms with Gasteiger partial charge in [-0.2, -0.15) is 0 Å². The van der Waals surface area contributed by atoms with Crippen molar-refractivity contribution in [3.8, 4) is 0 Å². The zero-order valence-corrected chi connectivity index (χ0v) is 18.6. The van der Waals surface area contributed by atoms with E-state index in [1.54, 1.807) is 0 Å². The number of carbonyl (C=O) groups is 1. The summed E-state index contributed by atoms with van der Waals surface area (Å²) >= 11 is 1.84. The molecule has 0 radical (unpaired) electrons. The largest absolute Gasteiger partial charge is 0.350 e. The van der Waals surface area contributed by atoms with E-state index >= 15 is 0 Å². The van der Waals surface area contributed by atoms with Gasteiger partial charge in [-0.05, 0) is 51.3 Å². The highest BCUT2D eigenvalue weighted by Gasteiger charge is 2.30. The van der Waals surface area contributed by atoms with Crippen LogP contribution in [0.5, 0.6) is 0 Å². The molecule has 3 nitrogen and oxygen atoms in total. The molecule has 26 heavy (non-hydrogen) atoms. The van der Waals surface area contributed by atoms with Crippen LogP contribution in [0.1, 0.15) is 60.8 Å². The number of amides is 1. The molecule has 1 rings (SSSR count). The van der Waals surface area contributed by atoms with Crippen LogP contribution in [0, 0.1) is 5.41 Å². The lowest BCUT2D eigenvalue weighted by molar-refractivity contribution is -0.128. The monoisotopic (exact) mass is 378 g/mol. The minimum Gasteiger partial charge on any atom is -0.350 e. The topological polar surface area (TPSA) is 32.3 Å². The summed E-state index contributed by atoms with van der Waals surface area (Å²) < 4.78 is 0. The molecule has 0 aliphatic rings. The smallest absolute Gasteiger partial charge is 0.237 e. The predicted octanol–water partition coefficient (Wildman–Crippen LogP) is 5.21. The molecule has 148 valence electrons. The quantitative estimate of drug-likeness (QED) is 0.567. The molecule has 1 aromatic carbocycles. The van der Waals surface area contributed by atoms with Crippen LogP contribution in [0.4, 0.5) is 0 Å². The van der Waals surface area contributed by atoms with Crippen molar-refractivity contribution in [3.63, 3.8) is 0 Å². The van der Waals surface area contributed by atoms with E-state index in [2.05, 4.69) is 83.1 Å². The number of carbonyl (C=O) groups excluding carboxylic acids is 1. The highest BCUT2D eigenvalue weighted by atomic mass is 32.2. The van der Waals surface area contributed by atoms with E-state index in [1.807, 2.05) is 17.8 Å². The second-order valence-corrected chi connectivity index (χ2v) is 10.2. The van der Waals surface area contributed by atoms with Crippen LogP contribution in [0.25, 0.3) is 0 Å². The molecular formula is C22H38N2OS. The van der Waals surface area contributed by atoms with Crippen LogP contribution in [-0.2, 0) is 4.79 Å². The molecule has 1 atom stereocenters. The molecule has 0 aliphatic carbocycles. The van der Waals surface area contributed by atoms with E-state index in [4.69, 9.17) is 0 Å². The third-order valence-corrected chi connectivity index (χ3v) is 5.28. The van der Waals surface area contributed by atoms with Crippen molar-refractivity contribution in [3.05, 3.63) is 30.3 Å². The Morgan fingerprint density at radius 1 is 1.15 bits per heavy atom. The van der Waals surface area contributed by atoms with Crippen LogP contribution >= 0.6 is 11.8 Å². The van der Waals surface area contributed by atoms with Gasteiger partial charge in [0.05, 0.1) is 6.04 Å². The molecule has 4 heteroatoms. The summed E-state index contributed by atoms with van der Waals surface area (Å²) in [7, 11) is 2.07. The standard InChI is InChI=1S/C22H38N2OS/c1-8-12-19(20(25)23-22(5,6)17-21(2,3)4)24(7)15-16-26-18-13-10-9-11-14-18/h9-11,13-14,19H,8,12,15-17H2,1-7H3,(H,23,25). The summed E-state index contributed by atoms with van der Waals surface area (Å²) in [6, 6.07) is 10.4. The second-order valence-electron chi connectivity index (χ2n) is 9.06. The molecule has 0 spiro atoms. The first-order chi connectivity index (χ1) is 12.0. The Morgan fingerprint density at radius 3 is 2.31 bits per heavy atom. The van der Waals surface area contributed by atoms with Crippen molar-refractivity contribution in [2.75, 3.05) is 19.3 Å². The van der Waals surface area contributed by atoms with Gasteiger partial charge in [0.15, 0.2) is 0 Å². The van der Waals surface area contributed by atoms with Crippen molar-refractivity contribution >= 4 is 17.7 Å². The number of likely N-dealkylation sites (N-methyl/N-ethyl adjacent to an activating group) is 1. The molecule has 1 N–H and O–H groups in total. The summed E-state index contributed by atoms with van der Waals surface area (Å²) in [6.07, 6.45) is 2.86. The van der Waals surface area contributed by atoms with Crippen molar-refractivity contribution in [2.24, 2.45) is 5.41 Å². The van der Waals surface area contributed by atoms with Gasteiger partial charge >= 0.3 is 0 Å². The van der Waals surface area contributed by atoms with E-state index < -0.39 is 0 Å². The number of rotatable bonds is 10. The summed E-state index contributed by atoms with van der Waals surface area (Å²) in [4.78, 5) is 16.4. The van der Waals surface area contributed by atoms with E-state index in [0.717, 1.165) is 31.6 Å². The summed E-state index contributed by atoms with van der Waals surface area (Å²) in [5.74, 6) is 1.15. The van der Waals surface area contributed by atoms with E-state index in [9.17, 15) is 4.79 Å². The molecule has 0 saturated carbocycles. The zero-order chi connectivity index (χ0) is 19.8. The normalized spacial score (nSPS) is 13.7. The number of nitrogens with zero attached hydrogens (tertiary/aromatic N) is 1. The van der Waals surface area contributed by atoms with Crippen LogP contribution in [0.3, 0.4) is 0 Å². The Balaban J connectivity index is 2.60. The molecule has 1 amide bonds. The summed E-state index contributed by atoms with van der Waals surface area (Å²) in [5, 5.41) is 3.30. The Labute approximate surface area is 165 Å². The van der Waals surface area contributed by atoms with E-state index in [1.165, 1.54) is 4.90 Å². The molecule has 0 bridgehead atoms. The van der Waals surface area contributed by atoms with Crippen molar-refractivity contribution in [1.82, 2.24) is 10.2 Å². The van der Waals surface area contributed by atoms with Gasteiger partial charge in [-0.15, -0.1) is 11.8 Å². The average Bonchev–Trinajstić information content (AvgIpc) is 2.50. The van der Waals surface area contributed by atoms with Crippen LogP contribution in [0.15, 0.2) is 35.2 Å². The maximum absolute atomic E-state index is 12.9. The third kappa shape index (κ3) is 9.09. The lowest BCUT2D eigenvalue weighted by Gasteiger charge is -2.36. The molecule has 1 unspecified atom stereocenters. The molecule has 0 heterocycles. The first-order valence-electron chi connectivity index (χ1n) is 9.74. The Hall–Kier alpha value is -1.00. The molecule has 0 saturated heterocycles. The highest BCUT2D eigenvalue weighted by Crippen LogP contribution is 2.27. The molecule has 1 aromatic rings. The first kappa shape index (κ1) is 23.0. The van der Waals surface area contributed by atoms with Crippen LogP contribution < -0.4 is 5.32 Å². The lowest BCUT2D eigenvalue weighted by Crippen LogP contribution is -2.53. The zero-order valence-electron chi connectivity index (χ0n) is 17.8. The van der Waals surface area contributed by atoms with Gasteiger partial charge in [0, 0.05) is 22.7 Å². The molecular weight excluding hydrogens is 340 g/mol. The molecule has 0 aromatic heterocycles. The highest BCUT2D eigenvalue weighted by molar-refractivity contribution is 7.99. The fourth-order valence-electron chi connectivity index (χ4n) is 3.59. The van der Waals surface area contributed by atoms with Gasteiger partial charge in [-0.1, -0.05) is 52.3 Å².